The number of methoxy groups -OCH3 is 1. The van der Waals surface area contributed by atoms with E-state index < -0.39 is 0 Å². The molecular weight excluding hydrogens is 458 g/mol. The standard InChI is InChI=1S/C32H39N3O2/c1-22-19-23(2)25(4)28(24(22)3)21-35-30-12-9-8-11-29(30)34-31(35)13-7-6-10-18-33-32(36)20-26-14-16-27(37-5)17-15-26/h8-9,11-12,14-17,19H,6-7,10,13,18,20-21H2,1-5H3,(H,33,36). The van der Waals surface area contributed by atoms with Gasteiger partial charge >= 0.3 is 0 Å². The average Bonchev–Trinajstić information content (AvgIpc) is 3.25. The second kappa shape index (κ2) is 12.1. The van der Waals surface area contributed by atoms with E-state index in [0.717, 1.165) is 54.9 Å². The Balaban J connectivity index is 1.33. The zero-order valence-corrected chi connectivity index (χ0v) is 22.9. The molecule has 0 saturated carbocycles. The van der Waals surface area contributed by atoms with Crippen molar-refractivity contribution in [2.24, 2.45) is 0 Å². The molecule has 0 spiro atoms. The quantitative estimate of drug-likeness (QED) is 0.244. The van der Waals surface area contributed by atoms with Gasteiger partial charge < -0.3 is 14.6 Å². The number of aryl methyl sites for hydroxylation is 3. The molecule has 0 unspecified atom stereocenters. The van der Waals surface area contributed by atoms with Crippen LogP contribution in [0.15, 0.2) is 54.6 Å². The van der Waals surface area contributed by atoms with Crippen LogP contribution in [-0.4, -0.2) is 29.1 Å². The molecule has 0 atom stereocenters. The number of para-hydroxylation sites is 2. The molecule has 1 aromatic heterocycles. The Morgan fingerprint density at radius 1 is 0.919 bits per heavy atom. The van der Waals surface area contributed by atoms with Gasteiger partial charge in [0.05, 0.1) is 24.6 Å². The van der Waals surface area contributed by atoms with Crippen LogP contribution >= 0.6 is 0 Å². The zero-order valence-electron chi connectivity index (χ0n) is 22.9. The van der Waals surface area contributed by atoms with Gasteiger partial charge in [0.15, 0.2) is 0 Å². The molecule has 1 N–H and O–H groups in total. The van der Waals surface area contributed by atoms with Gasteiger partial charge in [0.25, 0.3) is 0 Å². The Bertz CT molecular complexity index is 1340. The first-order valence-corrected chi connectivity index (χ1v) is 13.3. The number of imidazole rings is 1. The number of nitrogens with one attached hydrogen (secondary N) is 1. The third-order valence-corrected chi connectivity index (χ3v) is 7.49. The summed E-state index contributed by atoms with van der Waals surface area (Å²) in [5.74, 6) is 2.01. The maximum Gasteiger partial charge on any atom is 0.224 e. The van der Waals surface area contributed by atoms with Gasteiger partial charge in [0, 0.05) is 19.5 Å². The van der Waals surface area contributed by atoms with E-state index in [0.29, 0.717) is 13.0 Å². The number of carbonyl (C=O) groups excluding carboxylic acids is 1. The number of amides is 1. The van der Waals surface area contributed by atoms with Crippen molar-refractivity contribution in [3.63, 3.8) is 0 Å². The topological polar surface area (TPSA) is 56.1 Å². The van der Waals surface area contributed by atoms with Crippen LogP contribution in [0.25, 0.3) is 11.0 Å². The average molecular weight is 498 g/mol. The van der Waals surface area contributed by atoms with E-state index in [4.69, 9.17) is 9.72 Å². The van der Waals surface area contributed by atoms with Gasteiger partial charge in [-0.05, 0) is 98.2 Å². The zero-order chi connectivity index (χ0) is 26.4. The molecule has 0 aliphatic carbocycles. The minimum atomic E-state index is 0.0612. The summed E-state index contributed by atoms with van der Waals surface area (Å²) in [5.41, 5.74) is 10.1. The lowest BCUT2D eigenvalue weighted by Gasteiger charge is -2.18. The third kappa shape index (κ3) is 6.40. The Labute approximate surface area is 220 Å². The maximum atomic E-state index is 12.3. The van der Waals surface area contributed by atoms with E-state index in [1.165, 1.54) is 33.3 Å². The first-order valence-electron chi connectivity index (χ1n) is 13.3. The molecule has 0 aliphatic rings. The van der Waals surface area contributed by atoms with Gasteiger partial charge in [-0.15, -0.1) is 0 Å². The van der Waals surface area contributed by atoms with E-state index in [-0.39, 0.29) is 5.91 Å². The summed E-state index contributed by atoms with van der Waals surface area (Å²) in [6.45, 7) is 10.4. The molecule has 194 valence electrons. The highest BCUT2D eigenvalue weighted by Gasteiger charge is 2.15. The monoisotopic (exact) mass is 497 g/mol. The molecular formula is C32H39N3O2. The van der Waals surface area contributed by atoms with Crippen molar-refractivity contribution in [2.75, 3.05) is 13.7 Å². The predicted octanol–water partition coefficient (Wildman–Crippen LogP) is 6.40. The maximum absolute atomic E-state index is 12.3. The predicted molar refractivity (Wildman–Crippen MR) is 151 cm³/mol. The molecule has 0 fully saturated rings. The fourth-order valence-corrected chi connectivity index (χ4v) is 4.99. The number of hydrogen-bond donors (Lipinski definition) is 1. The Hall–Kier alpha value is -3.60. The summed E-state index contributed by atoms with van der Waals surface area (Å²) < 4.78 is 7.58. The number of carbonyl (C=O) groups is 1. The second-order valence-corrected chi connectivity index (χ2v) is 10.0. The van der Waals surface area contributed by atoms with E-state index in [2.05, 4.69) is 67.9 Å². The van der Waals surface area contributed by atoms with Crippen molar-refractivity contribution < 1.29 is 9.53 Å². The lowest BCUT2D eigenvalue weighted by molar-refractivity contribution is -0.120. The number of rotatable bonds is 11. The first-order chi connectivity index (χ1) is 17.9. The van der Waals surface area contributed by atoms with Crippen LogP contribution in [0.5, 0.6) is 5.75 Å². The summed E-state index contributed by atoms with van der Waals surface area (Å²) in [6.07, 6.45) is 4.38. The lowest BCUT2D eigenvalue weighted by Crippen LogP contribution is -2.26. The van der Waals surface area contributed by atoms with E-state index in [1.807, 2.05) is 24.3 Å². The SMILES string of the molecule is COc1ccc(CC(=O)NCCCCCc2nc3ccccc3n2Cc2c(C)c(C)cc(C)c2C)cc1. The summed E-state index contributed by atoms with van der Waals surface area (Å²) in [6, 6.07) is 18.4. The van der Waals surface area contributed by atoms with Crippen molar-refractivity contribution in [2.45, 2.75) is 66.3 Å². The molecule has 1 amide bonds. The fourth-order valence-electron chi connectivity index (χ4n) is 4.99. The highest BCUT2D eigenvalue weighted by atomic mass is 16.5. The highest BCUT2D eigenvalue weighted by Crippen LogP contribution is 2.26. The Morgan fingerprint density at radius 2 is 1.62 bits per heavy atom. The highest BCUT2D eigenvalue weighted by molar-refractivity contribution is 5.78. The van der Waals surface area contributed by atoms with E-state index in [9.17, 15) is 4.79 Å². The molecule has 5 nitrogen and oxygen atoms in total. The van der Waals surface area contributed by atoms with Crippen LogP contribution in [0.4, 0.5) is 0 Å². The summed E-state index contributed by atoms with van der Waals surface area (Å²) in [4.78, 5) is 17.3. The molecule has 0 aliphatic heterocycles. The number of nitrogens with zero attached hydrogens (tertiary/aromatic N) is 2. The minimum Gasteiger partial charge on any atom is -0.497 e. The minimum absolute atomic E-state index is 0.0612. The third-order valence-electron chi connectivity index (χ3n) is 7.49. The largest absolute Gasteiger partial charge is 0.497 e. The number of ether oxygens (including phenoxy) is 1. The van der Waals surface area contributed by atoms with Crippen LogP contribution in [0.2, 0.25) is 0 Å². The molecule has 5 heteroatoms. The van der Waals surface area contributed by atoms with Crippen molar-refractivity contribution in [3.05, 3.63) is 93.8 Å². The molecule has 1 heterocycles. The van der Waals surface area contributed by atoms with Crippen molar-refractivity contribution in [1.29, 1.82) is 0 Å². The van der Waals surface area contributed by atoms with Gasteiger partial charge in [0.2, 0.25) is 5.91 Å². The summed E-state index contributed by atoms with van der Waals surface area (Å²) in [7, 11) is 1.64. The van der Waals surface area contributed by atoms with E-state index >= 15 is 0 Å². The molecule has 4 rings (SSSR count). The number of fused-ring (bicyclic) bond motifs is 1. The summed E-state index contributed by atoms with van der Waals surface area (Å²) >= 11 is 0. The van der Waals surface area contributed by atoms with Crippen molar-refractivity contribution in [3.8, 4) is 5.75 Å². The number of benzene rings is 3. The molecule has 37 heavy (non-hydrogen) atoms. The van der Waals surface area contributed by atoms with Gasteiger partial charge in [-0.1, -0.05) is 36.8 Å². The molecule has 0 radical (unpaired) electrons. The summed E-state index contributed by atoms with van der Waals surface area (Å²) in [5, 5.41) is 3.06. The Morgan fingerprint density at radius 3 is 2.32 bits per heavy atom. The number of unbranched alkanes of at least 4 members (excludes halogenated alkanes) is 2. The fraction of sp³-hybridized carbons (Fsp3) is 0.375. The van der Waals surface area contributed by atoms with Crippen LogP contribution in [0.3, 0.4) is 0 Å². The van der Waals surface area contributed by atoms with Gasteiger partial charge in [-0.25, -0.2) is 4.98 Å². The molecule has 0 bridgehead atoms. The second-order valence-electron chi connectivity index (χ2n) is 10.0. The van der Waals surface area contributed by atoms with Crippen molar-refractivity contribution >= 4 is 16.9 Å². The Kier molecular flexibility index (Phi) is 8.65. The molecule has 0 saturated heterocycles. The van der Waals surface area contributed by atoms with Crippen LogP contribution in [0.1, 0.15) is 58.5 Å². The van der Waals surface area contributed by atoms with Crippen LogP contribution in [-0.2, 0) is 24.2 Å². The van der Waals surface area contributed by atoms with Gasteiger partial charge in [-0.3, -0.25) is 4.79 Å². The number of aromatic nitrogens is 2. The van der Waals surface area contributed by atoms with Gasteiger partial charge in [0.1, 0.15) is 11.6 Å². The van der Waals surface area contributed by atoms with Crippen LogP contribution in [0, 0.1) is 27.7 Å². The molecule has 4 aromatic rings. The van der Waals surface area contributed by atoms with E-state index in [1.54, 1.807) is 7.11 Å². The molecule has 3 aromatic carbocycles. The van der Waals surface area contributed by atoms with Crippen LogP contribution < -0.4 is 10.1 Å². The normalized spacial score (nSPS) is 11.2. The first kappa shape index (κ1) is 26.5. The van der Waals surface area contributed by atoms with Crippen molar-refractivity contribution in [1.82, 2.24) is 14.9 Å². The lowest BCUT2D eigenvalue weighted by atomic mass is 9.94. The van der Waals surface area contributed by atoms with Gasteiger partial charge in [-0.2, -0.15) is 0 Å². The number of hydrogen-bond acceptors (Lipinski definition) is 3. The smallest absolute Gasteiger partial charge is 0.224 e.